The molecule has 8 nitrogen and oxygen atoms in total. The molecule has 0 heterocycles. The summed E-state index contributed by atoms with van der Waals surface area (Å²) in [6, 6.07) is 16.4. The minimum atomic E-state index is -3.78. The van der Waals surface area contributed by atoms with Gasteiger partial charge in [0.1, 0.15) is 30.8 Å². The second-order valence-electron chi connectivity index (χ2n) is 10.5. The third-order valence-corrected chi connectivity index (χ3v) is 7.89. The lowest BCUT2D eigenvalue weighted by Gasteiger charge is -2.29. The zero-order valence-electron chi connectivity index (χ0n) is 23.4. The summed E-state index contributed by atoms with van der Waals surface area (Å²) in [6.45, 7) is 18.5. The smallest absolute Gasteiger partial charge is 0.206 e. The van der Waals surface area contributed by atoms with Crippen LogP contribution in [0.1, 0.15) is 41.5 Å². The van der Waals surface area contributed by atoms with Crippen LogP contribution >= 0.6 is 0 Å². The first kappa shape index (κ1) is 31.3. The third kappa shape index (κ3) is 8.53. The quantitative estimate of drug-likeness (QED) is 0.293. The first-order valence-electron chi connectivity index (χ1n) is 12.4. The van der Waals surface area contributed by atoms with Crippen molar-refractivity contribution in [3.8, 4) is 23.6 Å². The van der Waals surface area contributed by atoms with Crippen LogP contribution in [0.15, 0.2) is 82.9 Å². The normalized spacial score (nSPS) is 13.2. The van der Waals surface area contributed by atoms with Crippen LogP contribution in [-0.4, -0.2) is 33.8 Å². The van der Waals surface area contributed by atoms with Gasteiger partial charge in [0.15, 0.2) is 0 Å². The van der Waals surface area contributed by atoms with Gasteiger partial charge in [-0.1, -0.05) is 13.2 Å². The van der Waals surface area contributed by atoms with Gasteiger partial charge in [0, 0.05) is 5.70 Å². The van der Waals surface area contributed by atoms with Crippen LogP contribution in [0.2, 0.25) is 0 Å². The highest BCUT2D eigenvalue weighted by Crippen LogP contribution is 2.28. The zero-order chi connectivity index (χ0) is 29.4. The van der Waals surface area contributed by atoms with Crippen molar-refractivity contribution in [2.45, 2.75) is 63.5 Å². The van der Waals surface area contributed by atoms with E-state index in [9.17, 15) is 18.9 Å². The predicted octanol–water partition coefficient (Wildman–Crippen LogP) is 5.79. The fourth-order valence-electron chi connectivity index (χ4n) is 3.43. The van der Waals surface area contributed by atoms with E-state index < -0.39 is 26.8 Å². The molecule has 0 fully saturated rings. The van der Waals surface area contributed by atoms with Crippen LogP contribution < -0.4 is 14.8 Å². The van der Waals surface area contributed by atoms with Crippen molar-refractivity contribution in [3.63, 3.8) is 0 Å². The molecule has 0 aromatic heterocycles. The van der Waals surface area contributed by atoms with Gasteiger partial charge in [-0.05, 0) is 90.1 Å². The SMILES string of the molecule is C=C(C)NC(COc1ccc(S(=O)(=O)c2ccc(OCC(OC(=C)C)C(C)(C)C#N)cc2)cc1)C(C)(C)C#N. The van der Waals surface area contributed by atoms with Gasteiger partial charge >= 0.3 is 0 Å². The molecular formula is C30H37N3O5S. The van der Waals surface area contributed by atoms with Gasteiger partial charge in [0.2, 0.25) is 9.84 Å². The third-order valence-electron chi connectivity index (χ3n) is 6.10. The average molecular weight is 552 g/mol. The summed E-state index contributed by atoms with van der Waals surface area (Å²) < 4.78 is 43.6. The Bertz CT molecular complexity index is 1250. The number of rotatable bonds is 14. The van der Waals surface area contributed by atoms with Crippen LogP contribution in [-0.2, 0) is 14.6 Å². The molecule has 9 heteroatoms. The lowest BCUT2D eigenvalue weighted by Crippen LogP contribution is -2.44. The molecule has 2 unspecified atom stereocenters. The largest absolute Gasteiger partial charge is 0.491 e. The van der Waals surface area contributed by atoms with Crippen molar-refractivity contribution < 1.29 is 22.6 Å². The van der Waals surface area contributed by atoms with Crippen LogP contribution in [0.3, 0.4) is 0 Å². The van der Waals surface area contributed by atoms with Gasteiger partial charge in [0.25, 0.3) is 0 Å². The highest BCUT2D eigenvalue weighted by molar-refractivity contribution is 7.91. The molecule has 2 aromatic carbocycles. The van der Waals surface area contributed by atoms with Gasteiger partial charge in [-0.2, -0.15) is 10.5 Å². The van der Waals surface area contributed by atoms with Crippen molar-refractivity contribution in [1.82, 2.24) is 5.32 Å². The topological polar surface area (TPSA) is 121 Å². The Hall–Kier alpha value is -3.95. The maximum atomic E-state index is 13.2. The highest BCUT2D eigenvalue weighted by Gasteiger charge is 2.32. The molecule has 0 bridgehead atoms. The number of hydrogen-bond acceptors (Lipinski definition) is 8. The molecule has 39 heavy (non-hydrogen) atoms. The van der Waals surface area contributed by atoms with Crippen LogP contribution in [0, 0.1) is 33.5 Å². The molecule has 0 radical (unpaired) electrons. The minimum absolute atomic E-state index is 0.0925. The van der Waals surface area contributed by atoms with Crippen molar-refractivity contribution in [2.24, 2.45) is 10.8 Å². The summed E-state index contributed by atoms with van der Waals surface area (Å²) >= 11 is 0. The molecule has 2 rings (SSSR count). The van der Waals surface area contributed by atoms with Crippen molar-refractivity contribution >= 4 is 9.84 Å². The second-order valence-corrected chi connectivity index (χ2v) is 12.5. The molecule has 208 valence electrons. The predicted molar refractivity (Wildman–Crippen MR) is 150 cm³/mol. The number of nitriles is 2. The molecule has 0 amide bonds. The number of nitrogens with one attached hydrogen (secondary N) is 1. The van der Waals surface area contributed by atoms with E-state index >= 15 is 0 Å². The van der Waals surface area contributed by atoms with E-state index in [1.54, 1.807) is 45.0 Å². The Morgan fingerprint density at radius 2 is 1.28 bits per heavy atom. The van der Waals surface area contributed by atoms with E-state index in [-0.39, 0.29) is 29.0 Å². The number of hydrogen-bond donors (Lipinski definition) is 1. The van der Waals surface area contributed by atoms with Crippen molar-refractivity contribution in [2.75, 3.05) is 13.2 Å². The maximum Gasteiger partial charge on any atom is 0.206 e. The summed E-state index contributed by atoms with van der Waals surface area (Å²) in [4.78, 5) is 0.222. The second kappa shape index (κ2) is 12.7. The van der Waals surface area contributed by atoms with E-state index in [1.807, 2.05) is 20.8 Å². The Labute approximate surface area is 232 Å². The molecule has 2 aromatic rings. The monoisotopic (exact) mass is 551 g/mol. The Morgan fingerprint density at radius 3 is 1.67 bits per heavy atom. The van der Waals surface area contributed by atoms with E-state index in [4.69, 9.17) is 14.2 Å². The number of allylic oxidation sites excluding steroid dienone is 2. The fraction of sp³-hybridized carbons (Fsp3) is 0.400. The van der Waals surface area contributed by atoms with Gasteiger partial charge in [-0.25, -0.2) is 8.42 Å². The first-order chi connectivity index (χ1) is 18.1. The van der Waals surface area contributed by atoms with Gasteiger partial charge in [-0.15, -0.1) is 0 Å². The fourth-order valence-corrected chi connectivity index (χ4v) is 4.69. The van der Waals surface area contributed by atoms with Gasteiger partial charge < -0.3 is 19.5 Å². The Balaban J connectivity index is 2.11. The molecule has 2 atom stereocenters. The maximum absolute atomic E-state index is 13.2. The lowest BCUT2D eigenvalue weighted by atomic mass is 9.86. The number of sulfone groups is 1. The summed E-state index contributed by atoms with van der Waals surface area (Å²) in [5.41, 5.74) is -0.801. The summed E-state index contributed by atoms with van der Waals surface area (Å²) in [5.74, 6) is 1.39. The Morgan fingerprint density at radius 1 is 0.846 bits per heavy atom. The first-order valence-corrected chi connectivity index (χ1v) is 13.9. The standard InChI is InChI=1S/C30H37N3O5S/c1-21(2)33-27(29(5,6)19-31)17-36-23-9-13-25(14-10-23)39(34,35)26-15-11-24(12-16-26)37-18-28(38-22(3)4)30(7,8)20-32/h9-16,27-28,33H,1,3,17-18H2,2,4-8H3. The summed E-state index contributed by atoms with van der Waals surface area (Å²) in [7, 11) is -3.78. The highest BCUT2D eigenvalue weighted by atomic mass is 32.2. The molecule has 0 aliphatic carbocycles. The minimum Gasteiger partial charge on any atom is -0.491 e. The van der Waals surface area contributed by atoms with E-state index in [0.29, 0.717) is 17.3 Å². The molecule has 0 saturated heterocycles. The molecule has 0 aliphatic heterocycles. The van der Waals surface area contributed by atoms with Crippen molar-refractivity contribution in [1.29, 1.82) is 10.5 Å². The van der Waals surface area contributed by atoms with Gasteiger partial charge in [0.05, 0.1) is 44.6 Å². The van der Waals surface area contributed by atoms with Gasteiger partial charge in [-0.3, -0.25) is 0 Å². The molecule has 0 spiro atoms. The van der Waals surface area contributed by atoms with E-state index in [1.165, 1.54) is 24.3 Å². The molecule has 1 N–H and O–H groups in total. The molecular weight excluding hydrogens is 514 g/mol. The van der Waals surface area contributed by atoms with Crippen LogP contribution in [0.5, 0.6) is 11.5 Å². The summed E-state index contributed by atoms with van der Waals surface area (Å²) in [5, 5.41) is 22.1. The average Bonchev–Trinajstić information content (AvgIpc) is 2.88. The number of ether oxygens (including phenoxy) is 3. The molecule has 0 saturated carbocycles. The number of benzene rings is 2. The van der Waals surface area contributed by atoms with Crippen molar-refractivity contribution in [3.05, 3.63) is 73.1 Å². The zero-order valence-corrected chi connectivity index (χ0v) is 24.3. The van der Waals surface area contributed by atoms with Crippen LogP contribution in [0.4, 0.5) is 0 Å². The summed E-state index contributed by atoms with van der Waals surface area (Å²) in [6.07, 6.45) is -0.554. The van der Waals surface area contributed by atoms with E-state index in [0.717, 1.165) is 5.70 Å². The lowest BCUT2D eigenvalue weighted by molar-refractivity contribution is 0.0110. The number of nitrogens with zero attached hydrogens (tertiary/aromatic N) is 2. The Kier molecular flexibility index (Phi) is 10.2. The van der Waals surface area contributed by atoms with E-state index in [2.05, 4.69) is 30.6 Å². The van der Waals surface area contributed by atoms with Crippen LogP contribution in [0.25, 0.3) is 0 Å². The molecule has 0 aliphatic rings.